The molecule has 1 rings (SSSR count). The molecule has 1 unspecified atom stereocenters. The van der Waals surface area contributed by atoms with Crippen molar-refractivity contribution in [3.05, 3.63) is 0 Å². The molecule has 0 amide bonds. The molecule has 1 N–H and O–H groups in total. The summed E-state index contributed by atoms with van der Waals surface area (Å²) in [6.45, 7) is 11.9. The fourth-order valence-corrected chi connectivity index (χ4v) is 2.13. The van der Waals surface area contributed by atoms with Crippen LogP contribution >= 0.6 is 0 Å². The molecule has 0 aromatic heterocycles. The van der Waals surface area contributed by atoms with Crippen molar-refractivity contribution in [1.82, 2.24) is 15.1 Å². The van der Waals surface area contributed by atoms with E-state index in [4.69, 9.17) is 4.74 Å². The van der Waals surface area contributed by atoms with E-state index in [1.807, 2.05) is 0 Å². The first kappa shape index (κ1) is 14.9. The number of morpholine rings is 1. The Balaban J connectivity index is 2.12. The number of hydrogen-bond donors (Lipinski definition) is 1. The van der Waals surface area contributed by atoms with Gasteiger partial charge in [-0.2, -0.15) is 0 Å². The summed E-state index contributed by atoms with van der Waals surface area (Å²) in [5.74, 6) is 0.737. The zero-order valence-electron chi connectivity index (χ0n) is 11.9. The normalized spacial score (nSPS) is 22.6. The van der Waals surface area contributed by atoms with Crippen LogP contribution in [0, 0.1) is 5.92 Å². The van der Waals surface area contributed by atoms with Crippen molar-refractivity contribution in [2.24, 2.45) is 5.92 Å². The van der Waals surface area contributed by atoms with Gasteiger partial charge in [0.25, 0.3) is 0 Å². The van der Waals surface area contributed by atoms with Crippen LogP contribution in [0.5, 0.6) is 0 Å². The molecule has 0 aromatic carbocycles. The SMILES string of the molecule is CC(C)CNCCN1CCOC(CN(C)C)C1. The highest BCUT2D eigenvalue weighted by Crippen LogP contribution is 2.05. The second-order valence-electron chi connectivity index (χ2n) is 5.65. The summed E-state index contributed by atoms with van der Waals surface area (Å²) in [6.07, 6.45) is 0.379. The number of ether oxygens (including phenoxy) is 1. The highest BCUT2D eigenvalue weighted by molar-refractivity contribution is 4.73. The topological polar surface area (TPSA) is 27.7 Å². The summed E-state index contributed by atoms with van der Waals surface area (Å²) in [6, 6.07) is 0. The van der Waals surface area contributed by atoms with Gasteiger partial charge in [-0.05, 0) is 26.6 Å². The van der Waals surface area contributed by atoms with E-state index in [-0.39, 0.29) is 0 Å². The van der Waals surface area contributed by atoms with E-state index in [1.54, 1.807) is 0 Å². The van der Waals surface area contributed by atoms with Gasteiger partial charge in [-0.15, -0.1) is 0 Å². The van der Waals surface area contributed by atoms with E-state index in [0.29, 0.717) is 6.10 Å². The molecule has 1 fully saturated rings. The van der Waals surface area contributed by atoms with Crippen LogP contribution in [-0.2, 0) is 4.74 Å². The molecular weight excluding hydrogens is 214 g/mol. The number of hydrogen-bond acceptors (Lipinski definition) is 4. The van der Waals surface area contributed by atoms with Gasteiger partial charge >= 0.3 is 0 Å². The minimum Gasteiger partial charge on any atom is -0.374 e. The lowest BCUT2D eigenvalue weighted by molar-refractivity contribution is -0.0375. The van der Waals surface area contributed by atoms with Gasteiger partial charge in [-0.1, -0.05) is 13.8 Å². The lowest BCUT2D eigenvalue weighted by Crippen LogP contribution is -2.48. The molecule has 4 heteroatoms. The standard InChI is InChI=1S/C13H29N3O/c1-12(2)9-14-5-6-16-7-8-17-13(11-16)10-15(3)4/h12-14H,5-11H2,1-4H3. The van der Waals surface area contributed by atoms with E-state index in [0.717, 1.165) is 51.8 Å². The lowest BCUT2D eigenvalue weighted by Gasteiger charge is -2.34. The molecule has 1 aliphatic rings. The van der Waals surface area contributed by atoms with E-state index in [2.05, 4.69) is 43.1 Å². The first-order chi connectivity index (χ1) is 8.08. The van der Waals surface area contributed by atoms with E-state index >= 15 is 0 Å². The van der Waals surface area contributed by atoms with Crippen molar-refractivity contribution in [1.29, 1.82) is 0 Å². The summed E-state index contributed by atoms with van der Waals surface area (Å²) in [5.41, 5.74) is 0. The Morgan fingerprint density at radius 2 is 2.18 bits per heavy atom. The molecule has 0 saturated carbocycles. The van der Waals surface area contributed by atoms with Gasteiger partial charge in [0.2, 0.25) is 0 Å². The molecule has 1 atom stereocenters. The van der Waals surface area contributed by atoms with Gasteiger partial charge in [0.15, 0.2) is 0 Å². The summed E-state index contributed by atoms with van der Waals surface area (Å²) >= 11 is 0. The van der Waals surface area contributed by atoms with Crippen LogP contribution in [0.4, 0.5) is 0 Å². The monoisotopic (exact) mass is 243 g/mol. The van der Waals surface area contributed by atoms with Crippen LogP contribution in [0.2, 0.25) is 0 Å². The molecule has 17 heavy (non-hydrogen) atoms. The van der Waals surface area contributed by atoms with E-state index < -0.39 is 0 Å². The Morgan fingerprint density at radius 1 is 1.41 bits per heavy atom. The second-order valence-corrected chi connectivity index (χ2v) is 5.65. The molecule has 1 aliphatic heterocycles. The van der Waals surface area contributed by atoms with Crippen molar-refractivity contribution in [2.45, 2.75) is 20.0 Å². The summed E-state index contributed by atoms with van der Waals surface area (Å²) in [7, 11) is 4.21. The second kappa shape index (κ2) is 8.03. The fraction of sp³-hybridized carbons (Fsp3) is 1.00. The Bertz CT molecular complexity index is 197. The molecule has 0 bridgehead atoms. The van der Waals surface area contributed by atoms with Gasteiger partial charge in [0.05, 0.1) is 12.7 Å². The van der Waals surface area contributed by atoms with Gasteiger partial charge in [-0.3, -0.25) is 4.90 Å². The number of rotatable bonds is 7. The zero-order chi connectivity index (χ0) is 12.7. The first-order valence-corrected chi connectivity index (χ1v) is 6.77. The molecule has 0 spiro atoms. The molecule has 1 heterocycles. The van der Waals surface area contributed by atoms with Gasteiger partial charge in [0, 0.05) is 32.7 Å². The Labute approximate surface area is 106 Å². The molecule has 4 nitrogen and oxygen atoms in total. The Hall–Kier alpha value is -0.160. The maximum Gasteiger partial charge on any atom is 0.0829 e. The average molecular weight is 243 g/mol. The molecular formula is C13H29N3O. The summed E-state index contributed by atoms with van der Waals surface area (Å²) < 4.78 is 5.76. The largest absolute Gasteiger partial charge is 0.374 e. The number of likely N-dealkylation sites (N-methyl/N-ethyl adjacent to an activating group) is 1. The highest BCUT2D eigenvalue weighted by Gasteiger charge is 2.20. The fourth-order valence-electron chi connectivity index (χ4n) is 2.13. The minimum absolute atomic E-state index is 0.379. The van der Waals surface area contributed by atoms with Crippen molar-refractivity contribution < 1.29 is 4.74 Å². The van der Waals surface area contributed by atoms with Crippen molar-refractivity contribution in [3.8, 4) is 0 Å². The smallest absolute Gasteiger partial charge is 0.0829 e. The quantitative estimate of drug-likeness (QED) is 0.659. The predicted octanol–water partition coefficient (Wildman–Crippen LogP) is 0.494. The number of nitrogens with zero attached hydrogens (tertiary/aromatic N) is 2. The van der Waals surface area contributed by atoms with Gasteiger partial charge in [-0.25, -0.2) is 0 Å². The van der Waals surface area contributed by atoms with Crippen molar-refractivity contribution >= 4 is 0 Å². The molecule has 102 valence electrons. The summed E-state index contributed by atoms with van der Waals surface area (Å²) in [5, 5.41) is 3.49. The first-order valence-electron chi connectivity index (χ1n) is 6.77. The van der Waals surface area contributed by atoms with Crippen LogP contribution in [0.1, 0.15) is 13.8 Å². The van der Waals surface area contributed by atoms with Crippen molar-refractivity contribution in [2.75, 3.05) is 60.0 Å². The highest BCUT2D eigenvalue weighted by atomic mass is 16.5. The molecule has 0 radical (unpaired) electrons. The van der Waals surface area contributed by atoms with Crippen LogP contribution in [0.3, 0.4) is 0 Å². The molecule has 0 aliphatic carbocycles. The van der Waals surface area contributed by atoms with E-state index in [1.165, 1.54) is 0 Å². The number of nitrogens with one attached hydrogen (secondary N) is 1. The predicted molar refractivity (Wildman–Crippen MR) is 72.4 cm³/mol. The van der Waals surface area contributed by atoms with Gasteiger partial charge < -0.3 is 15.0 Å². The Kier molecular flexibility index (Phi) is 7.04. The van der Waals surface area contributed by atoms with Gasteiger partial charge in [0.1, 0.15) is 0 Å². The molecule has 0 aromatic rings. The van der Waals surface area contributed by atoms with Crippen LogP contribution in [0.15, 0.2) is 0 Å². The minimum atomic E-state index is 0.379. The van der Waals surface area contributed by atoms with Crippen LogP contribution in [0.25, 0.3) is 0 Å². The maximum atomic E-state index is 5.76. The average Bonchev–Trinajstić information content (AvgIpc) is 2.24. The Morgan fingerprint density at radius 3 is 2.82 bits per heavy atom. The third-order valence-electron chi connectivity index (χ3n) is 2.95. The van der Waals surface area contributed by atoms with Crippen LogP contribution < -0.4 is 5.32 Å². The third kappa shape index (κ3) is 6.99. The van der Waals surface area contributed by atoms with Crippen molar-refractivity contribution in [3.63, 3.8) is 0 Å². The molecule has 1 saturated heterocycles. The lowest BCUT2D eigenvalue weighted by atomic mass is 10.2. The zero-order valence-corrected chi connectivity index (χ0v) is 11.9. The van der Waals surface area contributed by atoms with Crippen LogP contribution in [-0.4, -0.2) is 75.9 Å². The van der Waals surface area contributed by atoms with E-state index in [9.17, 15) is 0 Å². The third-order valence-corrected chi connectivity index (χ3v) is 2.95. The maximum absolute atomic E-state index is 5.76. The summed E-state index contributed by atoms with van der Waals surface area (Å²) in [4.78, 5) is 4.70.